The Hall–Kier alpha value is -4.36. The number of fused-ring (bicyclic) bond motifs is 2. The number of pyridine rings is 1. The van der Waals surface area contributed by atoms with Gasteiger partial charge >= 0.3 is 0 Å². The van der Waals surface area contributed by atoms with Crippen molar-refractivity contribution < 1.29 is 9.53 Å². The van der Waals surface area contributed by atoms with Gasteiger partial charge < -0.3 is 14.5 Å². The number of benzene rings is 3. The van der Waals surface area contributed by atoms with Crippen LogP contribution in [0.3, 0.4) is 0 Å². The standard InChI is InChI=1S/C33H33N5O2/c1-23(2)20-38(33(39)31-18-26-7-3-4-8-28(26)19-34-31)21-24-6-5-9-25(16-24)27-10-11-30-29(17-27)32(36-22-35-30)37-12-14-40-15-13-37/h3-11,16-19,22-23H,12-15,20-21H2,1-2H3. The molecule has 0 unspecified atom stereocenters. The number of hydrogen-bond donors (Lipinski definition) is 0. The highest BCUT2D eigenvalue weighted by atomic mass is 16.5. The van der Waals surface area contributed by atoms with E-state index in [2.05, 4.69) is 76.2 Å². The predicted octanol–water partition coefficient (Wildman–Crippen LogP) is 5.98. The number of aromatic nitrogens is 3. The molecular weight excluding hydrogens is 498 g/mol. The number of carbonyl (C=O) groups excluding carboxylic acids is 1. The molecule has 0 bridgehead atoms. The zero-order valence-electron chi connectivity index (χ0n) is 23.0. The Balaban J connectivity index is 1.29. The summed E-state index contributed by atoms with van der Waals surface area (Å²) in [6, 6.07) is 24.7. The molecule has 5 aromatic rings. The number of ether oxygens (including phenoxy) is 1. The van der Waals surface area contributed by atoms with E-state index < -0.39 is 0 Å². The second-order valence-corrected chi connectivity index (χ2v) is 10.7. The smallest absolute Gasteiger partial charge is 0.272 e. The van der Waals surface area contributed by atoms with Crippen molar-refractivity contribution in [3.8, 4) is 11.1 Å². The Morgan fingerprint density at radius 2 is 1.70 bits per heavy atom. The Morgan fingerprint density at radius 3 is 2.52 bits per heavy atom. The summed E-state index contributed by atoms with van der Waals surface area (Å²) in [7, 11) is 0. The van der Waals surface area contributed by atoms with Crippen LogP contribution in [0.5, 0.6) is 0 Å². The van der Waals surface area contributed by atoms with Crippen molar-refractivity contribution in [3.05, 3.63) is 96.6 Å². The van der Waals surface area contributed by atoms with E-state index in [4.69, 9.17) is 4.74 Å². The molecule has 40 heavy (non-hydrogen) atoms. The van der Waals surface area contributed by atoms with Gasteiger partial charge in [-0.15, -0.1) is 0 Å². The van der Waals surface area contributed by atoms with Crippen LogP contribution in [-0.4, -0.2) is 58.6 Å². The van der Waals surface area contributed by atoms with E-state index in [9.17, 15) is 4.79 Å². The molecule has 0 N–H and O–H groups in total. The van der Waals surface area contributed by atoms with Gasteiger partial charge in [-0.2, -0.15) is 0 Å². The summed E-state index contributed by atoms with van der Waals surface area (Å²) in [4.78, 5) is 31.5. The van der Waals surface area contributed by atoms with Crippen molar-refractivity contribution in [3.63, 3.8) is 0 Å². The molecule has 3 heterocycles. The third-order valence-corrected chi connectivity index (χ3v) is 7.28. The fraction of sp³-hybridized carbons (Fsp3) is 0.273. The van der Waals surface area contributed by atoms with Gasteiger partial charge in [0.15, 0.2) is 0 Å². The van der Waals surface area contributed by atoms with Gasteiger partial charge in [0, 0.05) is 43.1 Å². The summed E-state index contributed by atoms with van der Waals surface area (Å²) >= 11 is 0. The molecule has 0 aliphatic carbocycles. The number of anilines is 1. The number of nitrogens with zero attached hydrogens (tertiary/aromatic N) is 5. The highest BCUT2D eigenvalue weighted by Crippen LogP contribution is 2.30. The topological polar surface area (TPSA) is 71.5 Å². The van der Waals surface area contributed by atoms with Crippen molar-refractivity contribution in [1.29, 1.82) is 0 Å². The summed E-state index contributed by atoms with van der Waals surface area (Å²) in [5, 5.41) is 3.08. The molecule has 7 heteroatoms. The van der Waals surface area contributed by atoms with Crippen LogP contribution in [0, 0.1) is 5.92 Å². The third kappa shape index (κ3) is 5.51. The lowest BCUT2D eigenvalue weighted by Gasteiger charge is -2.28. The molecule has 1 saturated heterocycles. The number of hydrogen-bond acceptors (Lipinski definition) is 6. The minimum atomic E-state index is -0.0529. The Kier molecular flexibility index (Phi) is 7.38. The minimum Gasteiger partial charge on any atom is -0.378 e. The van der Waals surface area contributed by atoms with Crippen LogP contribution >= 0.6 is 0 Å². The molecule has 1 aliphatic rings. The molecule has 6 rings (SSSR count). The zero-order valence-corrected chi connectivity index (χ0v) is 23.0. The summed E-state index contributed by atoms with van der Waals surface area (Å²) in [6.07, 6.45) is 3.42. The largest absolute Gasteiger partial charge is 0.378 e. The van der Waals surface area contributed by atoms with Crippen LogP contribution in [0.2, 0.25) is 0 Å². The Morgan fingerprint density at radius 1 is 0.900 bits per heavy atom. The van der Waals surface area contributed by atoms with E-state index in [1.54, 1.807) is 12.5 Å². The van der Waals surface area contributed by atoms with Crippen LogP contribution in [0.4, 0.5) is 5.82 Å². The molecule has 0 atom stereocenters. The van der Waals surface area contributed by atoms with E-state index in [1.807, 2.05) is 35.2 Å². The van der Waals surface area contributed by atoms with E-state index >= 15 is 0 Å². The van der Waals surface area contributed by atoms with Gasteiger partial charge in [0.05, 0.1) is 18.7 Å². The lowest BCUT2D eigenvalue weighted by molar-refractivity contribution is 0.0717. The van der Waals surface area contributed by atoms with Gasteiger partial charge in [-0.05, 0) is 52.3 Å². The molecule has 1 aliphatic heterocycles. The SMILES string of the molecule is CC(C)CN(Cc1cccc(-c2ccc3ncnc(N4CCOCC4)c3c2)c1)C(=O)c1cc2ccccc2cn1. The average molecular weight is 532 g/mol. The molecule has 1 fully saturated rings. The second-order valence-electron chi connectivity index (χ2n) is 10.7. The molecule has 3 aromatic carbocycles. The van der Waals surface area contributed by atoms with Crippen molar-refractivity contribution in [2.45, 2.75) is 20.4 Å². The Bertz CT molecular complexity index is 1660. The van der Waals surface area contributed by atoms with Crippen LogP contribution in [-0.2, 0) is 11.3 Å². The van der Waals surface area contributed by atoms with Gasteiger partial charge in [0.25, 0.3) is 5.91 Å². The number of morpholine rings is 1. The van der Waals surface area contributed by atoms with E-state index in [0.29, 0.717) is 37.9 Å². The first-order valence-electron chi connectivity index (χ1n) is 13.9. The maximum absolute atomic E-state index is 13.7. The second kappa shape index (κ2) is 11.4. The van der Waals surface area contributed by atoms with Crippen molar-refractivity contribution >= 4 is 33.4 Å². The number of rotatable bonds is 7. The monoisotopic (exact) mass is 531 g/mol. The summed E-state index contributed by atoms with van der Waals surface area (Å²) in [6.45, 7) is 8.46. The molecule has 7 nitrogen and oxygen atoms in total. The average Bonchev–Trinajstić information content (AvgIpc) is 3.00. The van der Waals surface area contributed by atoms with Gasteiger partial charge in [-0.3, -0.25) is 9.78 Å². The van der Waals surface area contributed by atoms with E-state index in [0.717, 1.165) is 57.3 Å². The van der Waals surface area contributed by atoms with Crippen LogP contribution in [0.25, 0.3) is 32.8 Å². The predicted molar refractivity (Wildman–Crippen MR) is 159 cm³/mol. The highest BCUT2D eigenvalue weighted by Gasteiger charge is 2.20. The van der Waals surface area contributed by atoms with Crippen molar-refractivity contribution in [2.75, 3.05) is 37.7 Å². The highest BCUT2D eigenvalue weighted by molar-refractivity contribution is 5.96. The lowest BCUT2D eigenvalue weighted by atomic mass is 10.0. The first kappa shape index (κ1) is 25.9. The molecular formula is C33H33N5O2. The van der Waals surface area contributed by atoms with Gasteiger partial charge in [-0.25, -0.2) is 9.97 Å². The van der Waals surface area contributed by atoms with E-state index in [1.165, 1.54) is 0 Å². The molecule has 0 saturated carbocycles. The normalized spacial score (nSPS) is 13.7. The van der Waals surface area contributed by atoms with Gasteiger partial charge in [0.2, 0.25) is 0 Å². The fourth-order valence-electron chi connectivity index (χ4n) is 5.34. The minimum absolute atomic E-state index is 0.0529. The molecule has 202 valence electrons. The van der Waals surface area contributed by atoms with Gasteiger partial charge in [0.1, 0.15) is 17.8 Å². The summed E-state index contributed by atoms with van der Waals surface area (Å²) in [5.74, 6) is 1.22. The summed E-state index contributed by atoms with van der Waals surface area (Å²) < 4.78 is 5.54. The molecule has 0 radical (unpaired) electrons. The molecule has 0 spiro atoms. The van der Waals surface area contributed by atoms with Crippen molar-refractivity contribution in [2.24, 2.45) is 5.92 Å². The first-order valence-corrected chi connectivity index (χ1v) is 13.9. The van der Waals surface area contributed by atoms with Crippen LogP contribution in [0.15, 0.2) is 85.3 Å². The number of carbonyl (C=O) groups is 1. The van der Waals surface area contributed by atoms with Crippen molar-refractivity contribution in [1.82, 2.24) is 19.9 Å². The Labute approximate surface area is 234 Å². The maximum atomic E-state index is 13.7. The fourth-order valence-corrected chi connectivity index (χ4v) is 5.34. The van der Waals surface area contributed by atoms with Crippen LogP contribution in [0.1, 0.15) is 29.9 Å². The van der Waals surface area contributed by atoms with Gasteiger partial charge in [-0.1, -0.05) is 62.4 Å². The molecule has 1 amide bonds. The van der Waals surface area contributed by atoms with E-state index in [-0.39, 0.29) is 5.91 Å². The molecule has 2 aromatic heterocycles. The first-order chi connectivity index (χ1) is 19.5. The zero-order chi connectivity index (χ0) is 27.5. The van der Waals surface area contributed by atoms with Crippen LogP contribution < -0.4 is 4.90 Å². The quantitative estimate of drug-likeness (QED) is 0.257. The third-order valence-electron chi connectivity index (χ3n) is 7.28. The maximum Gasteiger partial charge on any atom is 0.272 e. The lowest BCUT2D eigenvalue weighted by Crippen LogP contribution is -2.36. The number of amides is 1. The summed E-state index contributed by atoms with van der Waals surface area (Å²) in [5.41, 5.74) is 4.66.